The largest absolute Gasteiger partial charge is 0.478 e. The number of halogens is 1. The summed E-state index contributed by atoms with van der Waals surface area (Å²) >= 11 is 3.35. The van der Waals surface area contributed by atoms with Gasteiger partial charge in [0.2, 0.25) is 5.89 Å². The number of oxazole rings is 1. The highest BCUT2D eigenvalue weighted by atomic mass is 79.9. The van der Waals surface area contributed by atoms with Crippen molar-refractivity contribution < 1.29 is 14.3 Å². The van der Waals surface area contributed by atoms with Crippen LogP contribution < -0.4 is 0 Å². The minimum absolute atomic E-state index is 0.119. The van der Waals surface area contributed by atoms with Crippen LogP contribution in [-0.4, -0.2) is 16.1 Å². The number of fused-ring (bicyclic) bond motifs is 1. The molecule has 0 bridgehead atoms. The van der Waals surface area contributed by atoms with Gasteiger partial charge in [-0.15, -0.1) is 0 Å². The molecule has 3 rings (SSSR count). The first-order valence-corrected chi connectivity index (χ1v) is 6.33. The predicted molar refractivity (Wildman–Crippen MR) is 74.1 cm³/mol. The molecule has 0 aliphatic carbocycles. The molecular weight excluding hydrogens is 310 g/mol. The Morgan fingerprint density at radius 3 is 2.58 bits per heavy atom. The van der Waals surface area contributed by atoms with Crippen LogP contribution in [0.5, 0.6) is 0 Å². The van der Waals surface area contributed by atoms with Crippen molar-refractivity contribution in [2.45, 2.75) is 0 Å². The van der Waals surface area contributed by atoms with E-state index in [-0.39, 0.29) is 5.56 Å². The summed E-state index contributed by atoms with van der Waals surface area (Å²) in [5.41, 5.74) is 1.76. The number of hydrogen-bond acceptors (Lipinski definition) is 3. The third-order valence-electron chi connectivity index (χ3n) is 2.74. The molecule has 0 aliphatic rings. The number of hydrogen-bond donors (Lipinski definition) is 1. The monoisotopic (exact) mass is 317 g/mol. The van der Waals surface area contributed by atoms with Gasteiger partial charge in [0.15, 0.2) is 5.58 Å². The van der Waals surface area contributed by atoms with Gasteiger partial charge in [-0.25, -0.2) is 9.78 Å². The second-order valence-corrected chi connectivity index (χ2v) is 4.90. The van der Waals surface area contributed by atoms with Crippen molar-refractivity contribution in [2.75, 3.05) is 0 Å². The van der Waals surface area contributed by atoms with E-state index in [0.717, 1.165) is 10.0 Å². The van der Waals surface area contributed by atoms with Crippen molar-refractivity contribution in [1.82, 2.24) is 4.98 Å². The molecule has 0 fully saturated rings. The molecule has 94 valence electrons. The maximum absolute atomic E-state index is 11.1. The van der Waals surface area contributed by atoms with E-state index in [0.29, 0.717) is 17.0 Å². The highest BCUT2D eigenvalue weighted by Gasteiger charge is 2.15. The Kier molecular flexibility index (Phi) is 2.83. The van der Waals surface area contributed by atoms with E-state index >= 15 is 0 Å². The van der Waals surface area contributed by atoms with E-state index in [2.05, 4.69) is 20.9 Å². The number of benzene rings is 2. The minimum atomic E-state index is -1.02. The molecule has 0 aliphatic heterocycles. The minimum Gasteiger partial charge on any atom is -0.478 e. The molecule has 0 amide bonds. The fourth-order valence-electron chi connectivity index (χ4n) is 1.83. The molecule has 0 spiro atoms. The molecule has 5 heteroatoms. The number of aromatic carboxylic acids is 1. The average molecular weight is 318 g/mol. The van der Waals surface area contributed by atoms with Crippen LogP contribution in [0.3, 0.4) is 0 Å². The lowest BCUT2D eigenvalue weighted by molar-refractivity contribution is 0.0698. The van der Waals surface area contributed by atoms with Crippen LogP contribution in [0.2, 0.25) is 0 Å². The van der Waals surface area contributed by atoms with E-state index < -0.39 is 5.97 Å². The summed E-state index contributed by atoms with van der Waals surface area (Å²) in [6, 6.07) is 12.4. The number of rotatable bonds is 2. The number of carboxylic acids is 1. The molecule has 1 heterocycles. The van der Waals surface area contributed by atoms with Crippen LogP contribution in [0.1, 0.15) is 10.4 Å². The zero-order chi connectivity index (χ0) is 13.4. The molecule has 0 saturated heterocycles. The number of carbonyl (C=O) groups is 1. The van der Waals surface area contributed by atoms with Gasteiger partial charge in [0, 0.05) is 10.0 Å². The van der Waals surface area contributed by atoms with Gasteiger partial charge in [-0.2, -0.15) is 0 Å². The summed E-state index contributed by atoms with van der Waals surface area (Å²) in [5, 5.41) is 9.11. The number of carboxylic acid groups (broad SMARTS) is 1. The Balaban J connectivity index is 2.19. The van der Waals surface area contributed by atoms with Gasteiger partial charge in [-0.05, 0) is 36.4 Å². The van der Waals surface area contributed by atoms with E-state index in [1.807, 2.05) is 24.3 Å². The van der Waals surface area contributed by atoms with Crippen molar-refractivity contribution in [1.29, 1.82) is 0 Å². The summed E-state index contributed by atoms with van der Waals surface area (Å²) in [6.45, 7) is 0. The molecule has 3 aromatic rings. The van der Waals surface area contributed by atoms with Gasteiger partial charge >= 0.3 is 5.97 Å². The van der Waals surface area contributed by atoms with Gasteiger partial charge in [0.25, 0.3) is 0 Å². The Labute approximate surface area is 116 Å². The molecule has 0 saturated carbocycles. The van der Waals surface area contributed by atoms with Crippen molar-refractivity contribution in [2.24, 2.45) is 0 Å². The fraction of sp³-hybridized carbons (Fsp3) is 0. The Morgan fingerprint density at radius 2 is 1.89 bits per heavy atom. The second-order valence-electron chi connectivity index (χ2n) is 3.98. The smallest absolute Gasteiger partial charge is 0.339 e. The van der Waals surface area contributed by atoms with Crippen molar-refractivity contribution in [3.8, 4) is 11.5 Å². The van der Waals surface area contributed by atoms with Crippen molar-refractivity contribution >= 4 is 33.0 Å². The summed E-state index contributed by atoms with van der Waals surface area (Å²) < 4.78 is 6.54. The first-order valence-electron chi connectivity index (χ1n) is 5.54. The van der Waals surface area contributed by atoms with Crippen LogP contribution >= 0.6 is 15.9 Å². The lowest BCUT2D eigenvalue weighted by Gasteiger charge is -1.95. The average Bonchev–Trinajstić information content (AvgIpc) is 2.82. The third kappa shape index (κ3) is 2.13. The normalized spacial score (nSPS) is 10.8. The molecule has 0 atom stereocenters. The number of para-hydroxylation sites is 1. The highest BCUT2D eigenvalue weighted by molar-refractivity contribution is 9.10. The molecular formula is C14H8BrNO3. The van der Waals surface area contributed by atoms with Gasteiger partial charge in [-0.1, -0.05) is 22.0 Å². The van der Waals surface area contributed by atoms with Gasteiger partial charge < -0.3 is 9.52 Å². The number of aromatic nitrogens is 1. The highest BCUT2D eigenvalue weighted by Crippen LogP contribution is 2.27. The van der Waals surface area contributed by atoms with E-state index in [9.17, 15) is 4.79 Å². The molecule has 2 aromatic carbocycles. The van der Waals surface area contributed by atoms with E-state index in [1.165, 1.54) is 6.07 Å². The van der Waals surface area contributed by atoms with E-state index in [4.69, 9.17) is 9.52 Å². The predicted octanol–water partition coefficient (Wildman–Crippen LogP) is 3.96. The summed E-state index contributed by atoms with van der Waals surface area (Å²) in [4.78, 5) is 15.4. The van der Waals surface area contributed by atoms with Crippen molar-refractivity contribution in [3.05, 3.63) is 52.5 Å². The SMILES string of the molecule is O=C(O)c1cccc2nc(-c3ccc(Br)cc3)oc12. The molecule has 0 radical (unpaired) electrons. The zero-order valence-electron chi connectivity index (χ0n) is 9.63. The maximum Gasteiger partial charge on any atom is 0.339 e. The summed E-state index contributed by atoms with van der Waals surface area (Å²) in [6.07, 6.45) is 0. The molecule has 19 heavy (non-hydrogen) atoms. The molecule has 0 unspecified atom stereocenters. The molecule has 1 aromatic heterocycles. The Morgan fingerprint density at radius 1 is 1.16 bits per heavy atom. The Hall–Kier alpha value is -2.14. The van der Waals surface area contributed by atoms with E-state index in [1.54, 1.807) is 12.1 Å². The number of nitrogens with zero attached hydrogens (tertiary/aromatic N) is 1. The fourth-order valence-corrected chi connectivity index (χ4v) is 2.10. The lowest BCUT2D eigenvalue weighted by atomic mass is 10.2. The molecule has 4 nitrogen and oxygen atoms in total. The standard InChI is InChI=1S/C14H8BrNO3/c15-9-6-4-8(5-7-9)13-16-11-3-1-2-10(14(17)18)12(11)19-13/h1-7H,(H,17,18). The van der Waals surface area contributed by atoms with Crippen LogP contribution in [0, 0.1) is 0 Å². The first kappa shape index (κ1) is 11.9. The van der Waals surface area contributed by atoms with Crippen LogP contribution in [0.4, 0.5) is 0 Å². The summed E-state index contributed by atoms with van der Waals surface area (Å²) in [7, 11) is 0. The maximum atomic E-state index is 11.1. The van der Waals surface area contributed by atoms with Gasteiger partial charge in [0.05, 0.1) is 0 Å². The van der Waals surface area contributed by atoms with Gasteiger partial charge in [0.1, 0.15) is 11.1 Å². The quantitative estimate of drug-likeness (QED) is 0.777. The van der Waals surface area contributed by atoms with Crippen LogP contribution in [0.25, 0.3) is 22.6 Å². The zero-order valence-corrected chi connectivity index (χ0v) is 11.2. The molecule has 1 N–H and O–H groups in total. The van der Waals surface area contributed by atoms with Gasteiger partial charge in [-0.3, -0.25) is 0 Å². The summed E-state index contributed by atoms with van der Waals surface area (Å²) in [5.74, 6) is -0.611. The lowest BCUT2D eigenvalue weighted by Crippen LogP contribution is -1.95. The van der Waals surface area contributed by atoms with Crippen LogP contribution in [-0.2, 0) is 0 Å². The van der Waals surface area contributed by atoms with Crippen molar-refractivity contribution in [3.63, 3.8) is 0 Å². The topological polar surface area (TPSA) is 63.3 Å². The first-order chi connectivity index (χ1) is 9.15. The van der Waals surface area contributed by atoms with Crippen LogP contribution in [0.15, 0.2) is 51.4 Å². The third-order valence-corrected chi connectivity index (χ3v) is 3.27. The Bertz CT molecular complexity index is 762. The second kappa shape index (κ2) is 4.51.